The molecule has 0 aromatic carbocycles. The number of carbonyl (C=O) groups is 1. The molecule has 0 aliphatic carbocycles. The van der Waals surface area contributed by atoms with Crippen LogP contribution in [0.5, 0.6) is 0 Å². The van der Waals surface area contributed by atoms with E-state index >= 15 is 0 Å². The first-order valence-electron chi connectivity index (χ1n) is 5.33. The van der Waals surface area contributed by atoms with Gasteiger partial charge in [0.1, 0.15) is 6.10 Å². The van der Waals surface area contributed by atoms with Crippen LogP contribution in [-0.2, 0) is 9.53 Å². The topological polar surface area (TPSA) is 46.5 Å². The van der Waals surface area contributed by atoms with Crippen LogP contribution in [0.15, 0.2) is 0 Å². The van der Waals surface area contributed by atoms with Crippen LogP contribution in [0.25, 0.3) is 0 Å². The summed E-state index contributed by atoms with van der Waals surface area (Å²) in [5.74, 6) is -0.177. The Kier molecular flexibility index (Phi) is 11.9. The molecule has 0 heterocycles. The van der Waals surface area contributed by atoms with Crippen molar-refractivity contribution in [2.75, 3.05) is 0 Å². The van der Waals surface area contributed by atoms with Crippen LogP contribution in [0.3, 0.4) is 0 Å². The fourth-order valence-electron chi connectivity index (χ4n) is 0.690. The Hall–Kier alpha value is -0.570. The quantitative estimate of drug-likeness (QED) is 0.716. The minimum atomic E-state index is -0.177. The van der Waals surface area contributed by atoms with Gasteiger partial charge in [0.05, 0.1) is 6.10 Å². The highest BCUT2D eigenvalue weighted by Crippen LogP contribution is 2.01. The Bertz CT molecular complexity index is 128. The van der Waals surface area contributed by atoms with Gasteiger partial charge in [0, 0.05) is 6.92 Å². The van der Waals surface area contributed by atoms with Gasteiger partial charge in [-0.25, -0.2) is 0 Å². The van der Waals surface area contributed by atoms with Crippen molar-refractivity contribution >= 4 is 5.97 Å². The number of aliphatic hydroxyl groups excluding tert-OH is 1. The number of esters is 1. The summed E-state index contributed by atoms with van der Waals surface area (Å²) in [7, 11) is 0. The van der Waals surface area contributed by atoms with Gasteiger partial charge < -0.3 is 9.84 Å². The highest BCUT2D eigenvalue weighted by Gasteiger charge is 2.04. The van der Waals surface area contributed by atoms with Gasteiger partial charge >= 0.3 is 5.97 Å². The van der Waals surface area contributed by atoms with E-state index in [1.807, 2.05) is 20.8 Å². The zero-order chi connectivity index (χ0) is 11.6. The molecule has 0 saturated carbocycles. The molecule has 0 saturated heterocycles. The molecule has 0 spiro atoms. The lowest BCUT2D eigenvalue weighted by Crippen LogP contribution is -2.13. The Morgan fingerprint density at radius 1 is 1.21 bits per heavy atom. The number of ether oxygens (including phenoxy) is 1. The average Bonchev–Trinajstić information content (AvgIpc) is 2.14. The third-order valence-electron chi connectivity index (χ3n) is 1.83. The predicted octanol–water partition coefficient (Wildman–Crippen LogP) is 2.52. The maximum atomic E-state index is 10.3. The molecule has 0 aliphatic rings. The van der Waals surface area contributed by atoms with E-state index in [1.54, 1.807) is 6.92 Å². The summed E-state index contributed by atoms with van der Waals surface area (Å²) in [4.78, 5) is 10.3. The van der Waals surface area contributed by atoms with E-state index in [-0.39, 0.29) is 18.2 Å². The molecule has 0 aromatic rings. The first kappa shape index (κ1) is 15.9. The molecule has 86 valence electrons. The van der Waals surface area contributed by atoms with Crippen LogP contribution in [0.2, 0.25) is 0 Å². The molecule has 1 N–H and O–H groups in total. The molecule has 0 fully saturated rings. The molecule has 3 heteroatoms. The second-order valence-corrected chi connectivity index (χ2v) is 3.31. The van der Waals surface area contributed by atoms with Crippen molar-refractivity contribution in [3.8, 4) is 0 Å². The van der Waals surface area contributed by atoms with Gasteiger partial charge in [0.15, 0.2) is 0 Å². The Morgan fingerprint density at radius 3 is 1.64 bits per heavy atom. The van der Waals surface area contributed by atoms with Gasteiger partial charge in [-0.1, -0.05) is 20.8 Å². The first-order valence-corrected chi connectivity index (χ1v) is 5.33. The van der Waals surface area contributed by atoms with E-state index in [2.05, 4.69) is 0 Å². The molecular weight excluding hydrogens is 180 g/mol. The average molecular weight is 204 g/mol. The molecule has 0 aliphatic heterocycles. The van der Waals surface area contributed by atoms with Gasteiger partial charge in [-0.05, 0) is 26.2 Å². The Morgan fingerprint density at radius 2 is 1.57 bits per heavy atom. The highest BCUT2D eigenvalue weighted by atomic mass is 16.5. The van der Waals surface area contributed by atoms with Crippen molar-refractivity contribution in [2.24, 2.45) is 0 Å². The van der Waals surface area contributed by atoms with Crippen molar-refractivity contribution in [1.29, 1.82) is 0 Å². The monoisotopic (exact) mass is 204 g/mol. The van der Waals surface area contributed by atoms with E-state index in [0.29, 0.717) is 0 Å². The van der Waals surface area contributed by atoms with Gasteiger partial charge in [0.2, 0.25) is 0 Å². The summed E-state index contributed by atoms with van der Waals surface area (Å²) in [6, 6.07) is 0. The fourth-order valence-corrected chi connectivity index (χ4v) is 0.690. The van der Waals surface area contributed by atoms with Crippen molar-refractivity contribution in [3.05, 3.63) is 0 Å². The number of aliphatic hydroxyl groups is 1. The van der Waals surface area contributed by atoms with Crippen LogP contribution >= 0.6 is 0 Å². The summed E-state index contributed by atoms with van der Waals surface area (Å²) in [5, 5.41) is 8.36. The second-order valence-electron chi connectivity index (χ2n) is 3.31. The van der Waals surface area contributed by atoms with Gasteiger partial charge in [-0.2, -0.15) is 0 Å². The zero-order valence-corrected chi connectivity index (χ0v) is 10.0. The van der Waals surface area contributed by atoms with E-state index in [4.69, 9.17) is 9.84 Å². The van der Waals surface area contributed by atoms with Crippen LogP contribution in [-0.4, -0.2) is 23.3 Å². The highest BCUT2D eigenvalue weighted by molar-refractivity contribution is 5.66. The third kappa shape index (κ3) is 14.0. The molecule has 1 unspecified atom stereocenters. The molecule has 0 rings (SSSR count). The van der Waals surface area contributed by atoms with Crippen LogP contribution in [0, 0.1) is 0 Å². The lowest BCUT2D eigenvalue weighted by molar-refractivity contribution is -0.146. The number of carbonyl (C=O) groups excluding carboxylic acids is 1. The molecule has 0 amide bonds. The number of hydrogen-bond acceptors (Lipinski definition) is 3. The summed E-state index contributed by atoms with van der Waals surface area (Å²) < 4.78 is 4.91. The minimum Gasteiger partial charge on any atom is -0.463 e. The number of hydrogen-bond donors (Lipinski definition) is 1. The number of rotatable bonds is 4. The maximum Gasteiger partial charge on any atom is 0.302 e. The lowest BCUT2D eigenvalue weighted by atomic mass is 10.2. The smallest absolute Gasteiger partial charge is 0.302 e. The first-order chi connectivity index (χ1) is 6.47. The fraction of sp³-hybridized carbons (Fsp3) is 0.909. The maximum absolute atomic E-state index is 10.3. The van der Waals surface area contributed by atoms with E-state index in [1.165, 1.54) is 6.92 Å². The van der Waals surface area contributed by atoms with Gasteiger partial charge in [-0.3, -0.25) is 4.79 Å². The van der Waals surface area contributed by atoms with E-state index < -0.39 is 0 Å². The van der Waals surface area contributed by atoms with Crippen molar-refractivity contribution in [3.63, 3.8) is 0 Å². The third-order valence-corrected chi connectivity index (χ3v) is 1.83. The van der Waals surface area contributed by atoms with Crippen LogP contribution in [0.1, 0.15) is 53.9 Å². The Labute approximate surface area is 87.5 Å². The van der Waals surface area contributed by atoms with Crippen molar-refractivity contribution in [2.45, 2.75) is 66.1 Å². The predicted molar refractivity (Wildman–Crippen MR) is 58.1 cm³/mol. The standard InChI is InChI=1S/C7H14O2.C4H10O/c1-4-7(5-2)9-6(3)8;1-3-4(2)5/h7H,4-5H2,1-3H3;4-5H,3H2,1-2H3. The van der Waals surface area contributed by atoms with E-state index in [9.17, 15) is 4.79 Å². The molecule has 0 bridgehead atoms. The zero-order valence-electron chi connectivity index (χ0n) is 10.0. The lowest BCUT2D eigenvalue weighted by Gasteiger charge is -2.11. The molecule has 0 aromatic heterocycles. The van der Waals surface area contributed by atoms with E-state index in [0.717, 1.165) is 19.3 Å². The van der Waals surface area contributed by atoms with Crippen molar-refractivity contribution in [1.82, 2.24) is 0 Å². The molecule has 14 heavy (non-hydrogen) atoms. The van der Waals surface area contributed by atoms with Crippen LogP contribution < -0.4 is 0 Å². The van der Waals surface area contributed by atoms with Gasteiger partial charge in [-0.15, -0.1) is 0 Å². The Balaban J connectivity index is 0. The normalized spacial score (nSPS) is 11.6. The summed E-state index contributed by atoms with van der Waals surface area (Å²) >= 11 is 0. The largest absolute Gasteiger partial charge is 0.463 e. The second kappa shape index (κ2) is 10.5. The summed E-state index contributed by atoms with van der Waals surface area (Å²) in [6.45, 7) is 9.19. The minimum absolute atomic E-state index is 0.116. The summed E-state index contributed by atoms with van der Waals surface area (Å²) in [6.07, 6.45) is 2.70. The summed E-state index contributed by atoms with van der Waals surface area (Å²) in [5.41, 5.74) is 0. The molecule has 1 atom stereocenters. The van der Waals surface area contributed by atoms with Crippen LogP contribution in [0.4, 0.5) is 0 Å². The molecule has 3 nitrogen and oxygen atoms in total. The van der Waals surface area contributed by atoms with Crippen molar-refractivity contribution < 1.29 is 14.6 Å². The molecular formula is C11H24O3. The van der Waals surface area contributed by atoms with Gasteiger partial charge in [0.25, 0.3) is 0 Å². The molecule has 0 radical (unpaired) electrons. The SMILES string of the molecule is CCC(C)O.CCC(CC)OC(C)=O.